The van der Waals surface area contributed by atoms with E-state index < -0.39 is 17.7 Å². The molecule has 6 nitrogen and oxygen atoms in total. The normalized spacial score (nSPS) is 17.9. The highest BCUT2D eigenvalue weighted by Gasteiger charge is 2.45. The molecule has 1 atom stereocenters. The van der Waals surface area contributed by atoms with Gasteiger partial charge >= 0.3 is 0 Å². The van der Waals surface area contributed by atoms with Crippen molar-refractivity contribution in [2.24, 2.45) is 0 Å². The summed E-state index contributed by atoms with van der Waals surface area (Å²) in [5, 5.41) is 11.2. The molecule has 0 radical (unpaired) electrons. The maximum atomic E-state index is 13.0. The lowest BCUT2D eigenvalue weighted by Gasteiger charge is -2.25. The predicted molar refractivity (Wildman–Crippen MR) is 119 cm³/mol. The van der Waals surface area contributed by atoms with Crippen LogP contribution in [0.4, 0.5) is 0 Å². The quantitative estimate of drug-likeness (QED) is 0.392. The minimum atomic E-state index is -0.691. The van der Waals surface area contributed by atoms with Crippen molar-refractivity contribution in [2.75, 3.05) is 26.9 Å². The van der Waals surface area contributed by atoms with Crippen LogP contribution in [0.25, 0.3) is 5.76 Å². The summed E-state index contributed by atoms with van der Waals surface area (Å²) in [7, 11) is 1.54. The molecule has 1 aliphatic rings. The molecule has 2 aromatic rings. The summed E-state index contributed by atoms with van der Waals surface area (Å²) >= 11 is 0. The number of carbonyl (C=O) groups is 2. The molecule has 1 amide bonds. The molecule has 0 aromatic heterocycles. The SMILES string of the molecule is CCCOc1ccc(/C(O)=C2/C(=O)C(=O)N(CCOC)C2c2cccc(C)c2)cc1C. The van der Waals surface area contributed by atoms with Gasteiger partial charge in [0.1, 0.15) is 11.5 Å². The fraction of sp³-hybridized carbons (Fsp3) is 0.360. The van der Waals surface area contributed by atoms with E-state index in [1.54, 1.807) is 25.3 Å². The second-order valence-electron chi connectivity index (χ2n) is 7.73. The number of Topliss-reactive ketones (excluding diaryl/α,β-unsaturated/α-hetero) is 1. The lowest BCUT2D eigenvalue weighted by Crippen LogP contribution is -2.32. The van der Waals surface area contributed by atoms with Gasteiger partial charge in [-0.05, 0) is 49.6 Å². The van der Waals surface area contributed by atoms with E-state index in [0.29, 0.717) is 12.2 Å². The number of carbonyl (C=O) groups excluding carboxylic acids is 2. The highest BCUT2D eigenvalue weighted by atomic mass is 16.5. The van der Waals surface area contributed by atoms with Gasteiger partial charge in [0, 0.05) is 19.2 Å². The fourth-order valence-corrected chi connectivity index (χ4v) is 3.81. The van der Waals surface area contributed by atoms with E-state index in [9.17, 15) is 14.7 Å². The first-order chi connectivity index (χ1) is 14.9. The molecule has 1 fully saturated rings. The van der Waals surface area contributed by atoms with Crippen LogP contribution in [0.2, 0.25) is 0 Å². The van der Waals surface area contributed by atoms with Crippen LogP contribution in [-0.4, -0.2) is 48.6 Å². The number of benzene rings is 2. The number of rotatable bonds is 8. The summed E-state index contributed by atoms with van der Waals surface area (Å²) in [5.41, 5.74) is 3.19. The Labute approximate surface area is 183 Å². The van der Waals surface area contributed by atoms with E-state index in [1.165, 1.54) is 4.90 Å². The minimum Gasteiger partial charge on any atom is -0.507 e. The van der Waals surface area contributed by atoms with Gasteiger partial charge in [0.25, 0.3) is 11.7 Å². The molecule has 31 heavy (non-hydrogen) atoms. The zero-order valence-electron chi connectivity index (χ0n) is 18.5. The van der Waals surface area contributed by atoms with Gasteiger partial charge in [0.05, 0.1) is 24.8 Å². The number of likely N-dealkylation sites (tertiary alicyclic amines) is 1. The molecule has 0 aliphatic carbocycles. The maximum Gasteiger partial charge on any atom is 0.295 e. The fourth-order valence-electron chi connectivity index (χ4n) is 3.81. The molecular weight excluding hydrogens is 394 g/mol. The average molecular weight is 424 g/mol. The van der Waals surface area contributed by atoms with Crippen LogP contribution in [0, 0.1) is 13.8 Å². The van der Waals surface area contributed by atoms with Crippen LogP contribution in [0.15, 0.2) is 48.0 Å². The maximum absolute atomic E-state index is 13.0. The smallest absolute Gasteiger partial charge is 0.295 e. The number of aryl methyl sites for hydroxylation is 2. The average Bonchev–Trinajstić information content (AvgIpc) is 3.01. The lowest BCUT2D eigenvalue weighted by molar-refractivity contribution is -0.140. The van der Waals surface area contributed by atoms with E-state index in [1.807, 2.05) is 45.0 Å². The Hall–Kier alpha value is -3.12. The number of hydrogen-bond donors (Lipinski definition) is 1. The topological polar surface area (TPSA) is 76.1 Å². The third-order valence-corrected chi connectivity index (χ3v) is 5.34. The van der Waals surface area contributed by atoms with Crippen molar-refractivity contribution in [1.29, 1.82) is 0 Å². The molecule has 1 saturated heterocycles. The second kappa shape index (κ2) is 9.79. The molecular formula is C25H29NO5. The predicted octanol–water partition coefficient (Wildman–Crippen LogP) is 4.16. The van der Waals surface area contributed by atoms with Crippen LogP contribution in [0.1, 0.15) is 41.6 Å². The minimum absolute atomic E-state index is 0.0910. The van der Waals surface area contributed by atoms with Crippen molar-refractivity contribution in [2.45, 2.75) is 33.2 Å². The molecule has 0 bridgehead atoms. The van der Waals surface area contributed by atoms with Crippen LogP contribution in [-0.2, 0) is 14.3 Å². The van der Waals surface area contributed by atoms with Gasteiger partial charge < -0.3 is 19.5 Å². The van der Waals surface area contributed by atoms with E-state index in [4.69, 9.17) is 9.47 Å². The number of aliphatic hydroxyl groups is 1. The Bertz CT molecular complexity index is 1010. The number of ketones is 1. The molecule has 0 spiro atoms. The molecule has 164 valence electrons. The van der Waals surface area contributed by atoms with E-state index in [0.717, 1.165) is 28.9 Å². The highest BCUT2D eigenvalue weighted by Crippen LogP contribution is 2.39. The number of aliphatic hydroxyl groups excluding tert-OH is 1. The summed E-state index contributed by atoms with van der Waals surface area (Å²) in [5.74, 6) is -0.780. The van der Waals surface area contributed by atoms with Crippen molar-refractivity contribution in [3.8, 4) is 5.75 Å². The second-order valence-corrected chi connectivity index (χ2v) is 7.73. The van der Waals surface area contributed by atoms with Crippen LogP contribution >= 0.6 is 0 Å². The van der Waals surface area contributed by atoms with Crippen LogP contribution in [0.5, 0.6) is 5.75 Å². The van der Waals surface area contributed by atoms with Gasteiger partial charge in [-0.15, -0.1) is 0 Å². The summed E-state index contributed by atoms with van der Waals surface area (Å²) < 4.78 is 10.8. The van der Waals surface area contributed by atoms with Crippen molar-refractivity contribution in [3.05, 3.63) is 70.3 Å². The van der Waals surface area contributed by atoms with E-state index in [-0.39, 0.29) is 24.5 Å². The first-order valence-corrected chi connectivity index (χ1v) is 10.5. The number of ether oxygens (including phenoxy) is 2. The molecule has 6 heteroatoms. The van der Waals surface area contributed by atoms with Gasteiger partial charge in [-0.25, -0.2) is 0 Å². The number of hydrogen-bond acceptors (Lipinski definition) is 5. The Morgan fingerprint density at radius 3 is 2.52 bits per heavy atom. The summed E-state index contributed by atoms with van der Waals surface area (Å²) in [6.07, 6.45) is 0.891. The summed E-state index contributed by atoms with van der Waals surface area (Å²) in [4.78, 5) is 27.3. The zero-order valence-corrected chi connectivity index (χ0v) is 18.5. The molecule has 1 N–H and O–H groups in total. The number of nitrogens with zero attached hydrogens (tertiary/aromatic N) is 1. The highest BCUT2D eigenvalue weighted by molar-refractivity contribution is 6.46. The molecule has 3 rings (SSSR count). The third-order valence-electron chi connectivity index (χ3n) is 5.34. The Kier molecular flexibility index (Phi) is 7.13. The van der Waals surface area contributed by atoms with Gasteiger partial charge in [0.15, 0.2) is 0 Å². The standard InChI is InChI=1S/C25H29NO5/c1-5-12-31-20-10-9-19(15-17(20)3)23(27)21-22(18-8-6-7-16(2)14-18)26(11-13-30-4)25(29)24(21)28/h6-10,14-15,22,27H,5,11-13H2,1-4H3/b23-21-. The van der Waals surface area contributed by atoms with Crippen LogP contribution < -0.4 is 4.74 Å². The monoisotopic (exact) mass is 423 g/mol. The van der Waals surface area contributed by atoms with Gasteiger partial charge in [-0.1, -0.05) is 36.8 Å². The lowest BCUT2D eigenvalue weighted by atomic mass is 9.94. The van der Waals surface area contributed by atoms with E-state index >= 15 is 0 Å². The molecule has 1 heterocycles. The van der Waals surface area contributed by atoms with Gasteiger partial charge in [-0.3, -0.25) is 9.59 Å². The van der Waals surface area contributed by atoms with Gasteiger partial charge in [-0.2, -0.15) is 0 Å². The van der Waals surface area contributed by atoms with E-state index in [2.05, 4.69) is 0 Å². The Morgan fingerprint density at radius 2 is 1.87 bits per heavy atom. The zero-order chi connectivity index (χ0) is 22.5. The third kappa shape index (κ3) is 4.64. The molecule has 0 saturated carbocycles. The largest absolute Gasteiger partial charge is 0.507 e. The van der Waals surface area contributed by atoms with Crippen molar-refractivity contribution < 1.29 is 24.2 Å². The number of methoxy groups -OCH3 is 1. The summed E-state index contributed by atoms with van der Waals surface area (Å²) in [6, 6.07) is 12.2. The Balaban J connectivity index is 2.10. The summed E-state index contributed by atoms with van der Waals surface area (Å²) in [6.45, 7) is 7.00. The Morgan fingerprint density at radius 1 is 1.10 bits per heavy atom. The number of amides is 1. The first kappa shape index (κ1) is 22.6. The van der Waals surface area contributed by atoms with Crippen molar-refractivity contribution in [1.82, 2.24) is 4.90 Å². The first-order valence-electron chi connectivity index (χ1n) is 10.5. The molecule has 1 unspecified atom stereocenters. The van der Waals surface area contributed by atoms with Gasteiger partial charge in [0.2, 0.25) is 0 Å². The van der Waals surface area contributed by atoms with Crippen LogP contribution in [0.3, 0.4) is 0 Å². The van der Waals surface area contributed by atoms with Crippen molar-refractivity contribution in [3.63, 3.8) is 0 Å². The van der Waals surface area contributed by atoms with Crippen molar-refractivity contribution >= 4 is 17.4 Å². The molecule has 1 aliphatic heterocycles. The molecule has 2 aromatic carbocycles.